The molecule has 3 rings (SSSR count). The molecule has 0 amide bonds. The molecule has 2 N–H and O–H groups in total. The van der Waals surface area contributed by atoms with Gasteiger partial charge >= 0.3 is 0 Å². The van der Waals surface area contributed by atoms with Crippen LogP contribution in [0.1, 0.15) is 0 Å². The van der Waals surface area contributed by atoms with Crippen molar-refractivity contribution in [2.75, 3.05) is 5.73 Å². The highest BCUT2D eigenvalue weighted by molar-refractivity contribution is 9.10. The second-order valence-corrected chi connectivity index (χ2v) is 5.99. The molecule has 21 heavy (non-hydrogen) atoms. The zero-order valence-corrected chi connectivity index (χ0v) is 13.7. The largest absolute Gasteiger partial charge is 0.383 e. The van der Waals surface area contributed by atoms with Gasteiger partial charge in [-0.15, -0.1) is 0 Å². The number of rotatable bonds is 2. The van der Waals surface area contributed by atoms with Gasteiger partial charge in [-0.2, -0.15) is 5.10 Å². The van der Waals surface area contributed by atoms with Gasteiger partial charge in [-0.05, 0) is 33.6 Å². The Morgan fingerprint density at radius 3 is 2.48 bits per heavy atom. The molecule has 1 heterocycles. The number of hydrogen-bond donors (Lipinski definition) is 1. The molecule has 2 aromatic carbocycles. The van der Waals surface area contributed by atoms with Gasteiger partial charge in [0.05, 0.1) is 10.6 Å². The third-order valence-electron chi connectivity index (χ3n) is 3.35. The second-order valence-electron chi connectivity index (χ2n) is 4.73. The molecule has 0 spiro atoms. The molecule has 0 saturated heterocycles. The molecule has 5 heteroatoms. The topological polar surface area (TPSA) is 43.8 Å². The van der Waals surface area contributed by atoms with Crippen LogP contribution < -0.4 is 5.73 Å². The van der Waals surface area contributed by atoms with E-state index in [0.717, 1.165) is 26.9 Å². The minimum atomic E-state index is 0.634. The first-order valence-electron chi connectivity index (χ1n) is 6.41. The van der Waals surface area contributed by atoms with Crippen molar-refractivity contribution in [2.45, 2.75) is 0 Å². The van der Waals surface area contributed by atoms with Crippen molar-refractivity contribution in [1.29, 1.82) is 0 Å². The molecule has 0 aliphatic carbocycles. The average Bonchev–Trinajstić information content (AvgIpc) is 2.79. The van der Waals surface area contributed by atoms with E-state index in [9.17, 15) is 0 Å². The van der Waals surface area contributed by atoms with E-state index in [1.165, 1.54) is 0 Å². The molecule has 0 atom stereocenters. The van der Waals surface area contributed by atoms with E-state index in [0.29, 0.717) is 10.8 Å². The Hall–Kier alpha value is -1.78. The van der Waals surface area contributed by atoms with Gasteiger partial charge in [-0.25, -0.2) is 0 Å². The molecular weight excluding hydrogens is 350 g/mol. The van der Waals surface area contributed by atoms with E-state index in [1.807, 2.05) is 55.6 Å². The zero-order valence-electron chi connectivity index (χ0n) is 11.3. The van der Waals surface area contributed by atoms with Crippen LogP contribution in [0.25, 0.3) is 22.4 Å². The lowest BCUT2D eigenvalue weighted by Crippen LogP contribution is -1.97. The zero-order chi connectivity index (χ0) is 15.0. The number of anilines is 1. The van der Waals surface area contributed by atoms with Crippen molar-refractivity contribution in [1.82, 2.24) is 9.78 Å². The summed E-state index contributed by atoms with van der Waals surface area (Å²) in [7, 11) is 1.84. The number of aryl methyl sites for hydroxylation is 1. The highest BCUT2D eigenvalue weighted by Gasteiger charge is 2.17. The summed E-state index contributed by atoms with van der Waals surface area (Å²) >= 11 is 9.60. The predicted octanol–water partition coefficient (Wildman–Crippen LogP) is 4.75. The van der Waals surface area contributed by atoms with E-state index in [1.54, 1.807) is 4.68 Å². The van der Waals surface area contributed by atoms with Crippen LogP contribution in [-0.4, -0.2) is 9.78 Å². The fourth-order valence-electron chi connectivity index (χ4n) is 2.27. The lowest BCUT2D eigenvalue weighted by molar-refractivity contribution is 0.782. The molecule has 0 aliphatic rings. The minimum Gasteiger partial charge on any atom is -0.383 e. The number of aromatic nitrogens is 2. The summed E-state index contributed by atoms with van der Waals surface area (Å²) in [5.74, 6) is 0.634. The lowest BCUT2D eigenvalue weighted by atomic mass is 10.0. The van der Waals surface area contributed by atoms with Crippen molar-refractivity contribution in [3.8, 4) is 22.4 Å². The summed E-state index contributed by atoms with van der Waals surface area (Å²) in [5.41, 5.74) is 9.93. The van der Waals surface area contributed by atoms with E-state index >= 15 is 0 Å². The van der Waals surface area contributed by atoms with Crippen LogP contribution in [0, 0.1) is 0 Å². The van der Waals surface area contributed by atoms with Crippen molar-refractivity contribution in [3.05, 3.63) is 58.0 Å². The van der Waals surface area contributed by atoms with Crippen molar-refractivity contribution in [2.24, 2.45) is 7.05 Å². The third kappa shape index (κ3) is 2.57. The molecule has 0 radical (unpaired) electrons. The first-order chi connectivity index (χ1) is 10.1. The van der Waals surface area contributed by atoms with Crippen molar-refractivity contribution >= 4 is 33.3 Å². The van der Waals surface area contributed by atoms with Crippen LogP contribution in [0.3, 0.4) is 0 Å². The average molecular weight is 363 g/mol. The first-order valence-corrected chi connectivity index (χ1v) is 7.58. The second kappa shape index (κ2) is 5.54. The smallest absolute Gasteiger partial charge is 0.129 e. The van der Waals surface area contributed by atoms with Gasteiger partial charge in [0.1, 0.15) is 11.5 Å². The maximum absolute atomic E-state index is 6.20. The van der Waals surface area contributed by atoms with Crippen LogP contribution in [0.5, 0.6) is 0 Å². The number of nitrogen functional groups attached to an aromatic ring is 1. The summed E-state index contributed by atoms with van der Waals surface area (Å²) in [5, 5.41) is 5.19. The summed E-state index contributed by atoms with van der Waals surface area (Å²) in [6.07, 6.45) is 0. The Bertz CT molecular complexity index is 797. The number of nitrogens with zero attached hydrogens (tertiary/aromatic N) is 2. The summed E-state index contributed by atoms with van der Waals surface area (Å²) in [4.78, 5) is 0. The summed E-state index contributed by atoms with van der Waals surface area (Å²) < 4.78 is 2.55. The summed E-state index contributed by atoms with van der Waals surface area (Å²) in [6.45, 7) is 0. The molecule has 0 unspecified atom stereocenters. The molecule has 3 aromatic rings. The standard InChI is InChI=1S/C16H13BrClN3/c1-21-16(19)14(10-5-3-2-4-6-10)15(20-21)11-7-8-12(17)13(18)9-11/h2-9H,19H2,1H3. The fourth-order valence-corrected chi connectivity index (χ4v) is 2.70. The fraction of sp³-hybridized carbons (Fsp3) is 0.0625. The minimum absolute atomic E-state index is 0.634. The maximum Gasteiger partial charge on any atom is 0.129 e. The molecular formula is C16H13BrClN3. The lowest BCUT2D eigenvalue weighted by Gasteiger charge is -2.05. The van der Waals surface area contributed by atoms with Crippen LogP contribution in [0.15, 0.2) is 53.0 Å². The van der Waals surface area contributed by atoms with Crippen LogP contribution in [0.4, 0.5) is 5.82 Å². The molecule has 0 saturated carbocycles. The Labute approximate surface area is 136 Å². The molecule has 0 fully saturated rings. The van der Waals surface area contributed by atoms with Crippen LogP contribution in [-0.2, 0) is 7.05 Å². The van der Waals surface area contributed by atoms with Crippen LogP contribution in [0.2, 0.25) is 5.02 Å². The highest BCUT2D eigenvalue weighted by Crippen LogP contribution is 2.37. The van der Waals surface area contributed by atoms with E-state index in [2.05, 4.69) is 21.0 Å². The van der Waals surface area contributed by atoms with Gasteiger partial charge in [-0.3, -0.25) is 4.68 Å². The number of nitrogens with two attached hydrogens (primary N) is 1. The van der Waals surface area contributed by atoms with Crippen molar-refractivity contribution < 1.29 is 0 Å². The van der Waals surface area contributed by atoms with Crippen LogP contribution >= 0.6 is 27.5 Å². The highest BCUT2D eigenvalue weighted by atomic mass is 79.9. The van der Waals surface area contributed by atoms with Crippen molar-refractivity contribution in [3.63, 3.8) is 0 Å². The molecule has 0 aliphatic heterocycles. The number of hydrogen-bond acceptors (Lipinski definition) is 2. The van der Waals surface area contributed by atoms with Gasteiger partial charge in [0.2, 0.25) is 0 Å². The first kappa shape index (κ1) is 14.2. The maximum atomic E-state index is 6.20. The SMILES string of the molecule is Cn1nc(-c2ccc(Br)c(Cl)c2)c(-c2ccccc2)c1N. The predicted molar refractivity (Wildman–Crippen MR) is 91.2 cm³/mol. The Morgan fingerprint density at radius 1 is 1.10 bits per heavy atom. The van der Waals surface area contributed by atoms with Gasteiger partial charge in [0, 0.05) is 17.1 Å². The van der Waals surface area contributed by atoms with E-state index in [4.69, 9.17) is 17.3 Å². The normalized spacial score (nSPS) is 10.8. The number of halogens is 2. The molecule has 0 bridgehead atoms. The third-order valence-corrected chi connectivity index (χ3v) is 4.58. The quantitative estimate of drug-likeness (QED) is 0.715. The van der Waals surface area contributed by atoms with E-state index < -0.39 is 0 Å². The van der Waals surface area contributed by atoms with E-state index in [-0.39, 0.29) is 0 Å². The van der Waals surface area contributed by atoms with Gasteiger partial charge in [-0.1, -0.05) is 48.0 Å². The Kier molecular flexibility index (Phi) is 3.74. The van der Waals surface area contributed by atoms with Gasteiger partial charge in [0.25, 0.3) is 0 Å². The molecule has 106 valence electrons. The Morgan fingerprint density at radius 2 is 1.81 bits per heavy atom. The van der Waals surface area contributed by atoms with Gasteiger partial charge in [0.15, 0.2) is 0 Å². The van der Waals surface area contributed by atoms with Gasteiger partial charge < -0.3 is 5.73 Å². The molecule has 3 nitrogen and oxygen atoms in total. The summed E-state index contributed by atoms with van der Waals surface area (Å²) in [6, 6.07) is 15.8. The molecule has 1 aromatic heterocycles. The monoisotopic (exact) mass is 361 g/mol. The number of benzene rings is 2. The Balaban J connectivity index is 2.24.